The van der Waals surface area contributed by atoms with Gasteiger partial charge < -0.3 is 4.52 Å². The molecular weight excluding hydrogens is 291 g/mol. The van der Waals surface area contributed by atoms with Crippen molar-refractivity contribution in [1.29, 1.82) is 0 Å². The van der Waals surface area contributed by atoms with E-state index in [2.05, 4.69) is 14.7 Å². The molecule has 0 N–H and O–H groups in total. The average molecular weight is 297 g/mol. The fourth-order valence-corrected chi connectivity index (χ4v) is 2.04. The van der Waals surface area contributed by atoms with Crippen molar-refractivity contribution < 1.29 is 27.3 Å². The Balaban J connectivity index is 2.01. The quantitative estimate of drug-likeness (QED) is 0.790. The minimum absolute atomic E-state index is 0.0998. The van der Waals surface area contributed by atoms with Gasteiger partial charge in [-0.15, -0.1) is 0 Å². The van der Waals surface area contributed by atoms with Gasteiger partial charge in [-0.05, 0) is 18.2 Å². The molecule has 0 bridgehead atoms. The summed E-state index contributed by atoms with van der Waals surface area (Å²) in [6.45, 7) is -0.153. The first-order chi connectivity index (χ1) is 9.88. The van der Waals surface area contributed by atoms with Crippen molar-refractivity contribution in [3.8, 4) is 0 Å². The molecule has 6 nitrogen and oxygen atoms in total. The Labute approximate surface area is 115 Å². The van der Waals surface area contributed by atoms with Gasteiger partial charge in [-0.2, -0.15) is 18.2 Å². The lowest BCUT2D eigenvalue weighted by molar-refractivity contribution is -0.137. The lowest BCUT2D eigenvalue weighted by Crippen LogP contribution is -2.29. The maximum Gasteiger partial charge on any atom is 0.416 e. The fourth-order valence-electron chi connectivity index (χ4n) is 2.04. The first kappa shape index (κ1) is 13.3. The standard InChI is InChI=1S/C12H6F3N3O3/c13-12(14,15)6-1-2-8-7(3-6)10(19)11(20)18(8)4-9-16-5-21-17-9/h1-3,5H,4H2. The number of alkyl halides is 3. The molecule has 0 saturated heterocycles. The van der Waals surface area contributed by atoms with Crippen LogP contribution in [-0.4, -0.2) is 21.8 Å². The van der Waals surface area contributed by atoms with Crippen LogP contribution in [0.25, 0.3) is 0 Å². The molecule has 9 heteroatoms. The molecule has 3 rings (SSSR count). The van der Waals surface area contributed by atoms with Gasteiger partial charge in [0.2, 0.25) is 6.39 Å². The molecule has 2 aromatic rings. The number of aromatic nitrogens is 2. The van der Waals surface area contributed by atoms with E-state index in [1.54, 1.807) is 0 Å². The number of nitrogens with zero attached hydrogens (tertiary/aromatic N) is 3. The molecule has 0 saturated carbocycles. The van der Waals surface area contributed by atoms with Gasteiger partial charge in [-0.1, -0.05) is 5.16 Å². The number of carbonyl (C=O) groups excluding carboxylic acids is 2. The van der Waals surface area contributed by atoms with Crippen LogP contribution >= 0.6 is 0 Å². The van der Waals surface area contributed by atoms with Gasteiger partial charge in [0.05, 0.1) is 23.4 Å². The van der Waals surface area contributed by atoms with Crippen LogP contribution in [0.15, 0.2) is 29.1 Å². The van der Waals surface area contributed by atoms with E-state index >= 15 is 0 Å². The predicted octanol–water partition coefficient (Wildman–Crippen LogP) is 1.82. The lowest BCUT2D eigenvalue weighted by Gasteiger charge is -2.14. The summed E-state index contributed by atoms with van der Waals surface area (Å²) in [4.78, 5) is 28.4. The molecule has 0 fully saturated rings. The van der Waals surface area contributed by atoms with Gasteiger partial charge in [0, 0.05) is 0 Å². The Kier molecular flexibility index (Phi) is 2.78. The van der Waals surface area contributed by atoms with Gasteiger partial charge in [0.25, 0.3) is 11.7 Å². The van der Waals surface area contributed by atoms with E-state index < -0.39 is 23.4 Å². The number of ketones is 1. The summed E-state index contributed by atoms with van der Waals surface area (Å²) in [5, 5.41) is 3.50. The Morgan fingerprint density at radius 1 is 1.24 bits per heavy atom. The third kappa shape index (κ3) is 2.16. The van der Waals surface area contributed by atoms with E-state index in [9.17, 15) is 22.8 Å². The van der Waals surface area contributed by atoms with E-state index in [1.807, 2.05) is 0 Å². The zero-order valence-electron chi connectivity index (χ0n) is 10.2. The summed E-state index contributed by atoms with van der Waals surface area (Å²) in [6.07, 6.45) is -3.54. The number of amides is 1. The van der Waals surface area contributed by atoms with Gasteiger partial charge in [0.1, 0.15) is 0 Å². The van der Waals surface area contributed by atoms with Crippen LogP contribution < -0.4 is 4.90 Å². The highest BCUT2D eigenvalue weighted by atomic mass is 19.4. The van der Waals surface area contributed by atoms with E-state index in [0.717, 1.165) is 23.4 Å². The minimum atomic E-state index is -4.58. The maximum absolute atomic E-state index is 12.6. The number of hydrogen-bond donors (Lipinski definition) is 0. The third-order valence-electron chi connectivity index (χ3n) is 3.01. The summed E-state index contributed by atoms with van der Waals surface area (Å²) in [5.41, 5.74) is -1.16. The average Bonchev–Trinajstić information content (AvgIpc) is 3.01. The fraction of sp³-hybridized carbons (Fsp3) is 0.167. The van der Waals surface area contributed by atoms with Crippen molar-refractivity contribution in [3.63, 3.8) is 0 Å². The number of halogens is 3. The highest BCUT2D eigenvalue weighted by molar-refractivity contribution is 6.52. The Bertz CT molecular complexity index is 725. The molecule has 1 amide bonds. The molecule has 1 aliphatic rings. The lowest BCUT2D eigenvalue weighted by atomic mass is 10.1. The van der Waals surface area contributed by atoms with E-state index in [0.29, 0.717) is 6.07 Å². The second kappa shape index (κ2) is 4.40. The smallest absolute Gasteiger partial charge is 0.343 e. The molecule has 0 radical (unpaired) electrons. The summed E-state index contributed by atoms with van der Waals surface area (Å²) in [7, 11) is 0. The molecule has 1 aromatic carbocycles. The van der Waals surface area contributed by atoms with Crippen LogP contribution in [0.4, 0.5) is 18.9 Å². The van der Waals surface area contributed by atoms with Crippen molar-refractivity contribution in [2.75, 3.05) is 4.90 Å². The molecule has 2 heterocycles. The monoisotopic (exact) mass is 297 g/mol. The van der Waals surface area contributed by atoms with Crippen molar-refractivity contribution in [2.45, 2.75) is 12.7 Å². The number of hydrogen-bond acceptors (Lipinski definition) is 5. The third-order valence-corrected chi connectivity index (χ3v) is 3.01. The van der Waals surface area contributed by atoms with Crippen molar-refractivity contribution >= 4 is 17.4 Å². The first-order valence-electron chi connectivity index (χ1n) is 5.70. The molecule has 1 aromatic heterocycles. The van der Waals surface area contributed by atoms with Crippen LogP contribution in [0, 0.1) is 0 Å². The summed E-state index contributed by atoms with van der Waals surface area (Å²) < 4.78 is 42.4. The van der Waals surface area contributed by atoms with E-state index in [1.165, 1.54) is 0 Å². The molecule has 0 unspecified atom stereocenters. The summed E-state index contributed by atoms with van der Waals surface area (Å²) in [6, 6.07) is 2.57. The molecule has 0 atom stereocenters. The SMILES string of the molecule is O=C1C(=O)N(Cc2ncon2)c2ccc(C(F)(F)F)cc21. The number of fused-ring (bicyclic) bond motifs is 1. The summed E-state index contributed by atoms with van der Waals surface area (Å²) in [5.74, 6) is -1.77. The molecular formula is C12H6F3N3O3. The minimum Gasteiger partial charge on any atom is -0.343 e. The second-order valence-electron chi connectivity index (χ2n) is 4.30. The Hall–Kier alpha value is -2.71. The van der Waals surface area contributed by atoms with Crippen molar-refractivity contribution in [3.05, 3.63) is 41.5 Å². The van der Waals surface area contributed by atoms with Gasteiger partial charge in [-0.3, -0.25) is 14.5 Å². The molecule has 21 heavy (non-hydrogen) atoms. The maximum atomic E-state index is 12.6. The van der Waals surface area contributed by atoms with E-state index in [4.69, 9.17) is 0 Å². The Morgan fingerprint density at radius 2 is 2.00 bits per heavy atom. The second-order valence-corrected chi connectivity index (χ2v) is 4.30. The highest BCUT2D eigenvalue weighted by Gasteiger charge is 2.39. The van der Waals surface area contributed by atoms with Crippen LogP contribution in [0.1, 0.15) is 21.7 Å². The number of Topliss-reactive ketones (excluding diaryl/α,β-unsaturated/α-hetero) is 1. The number of carbonyl (C=O) groups is 2. The molecule has 1 aliphatic heterocycles. The van der Waals surface area contributed by atoms with Crippen LogP contribution in [0.3, 0.4) is 0 Å². The van der Waals surface area contributed by atoms with Crippen LogP contribution in [0.5, 0.6) is 0 Å². The molecule has 108 valence electrons. The van der Waals surface area contributed by atoms with Crippen molar-refractivity contribution in [1.82, 2.24) is 10.1 Å². The van der Waals surface area contributed by atoms with Gasteiger partial charge in [-0.25, -0.2) is 0 Å². The normalized spacial score (nSPS) is 14.7. The molecule has 0 aliphatic carbocycles. The van der Waals surface area contributed by atoms with Crippen LogP contribution in [0.2, 0.25) is 0 Å². The zero-order valence-corrected chi connectivity index (χ0v) is 10.2. The Morgan fingerprint density at radius 3 is 2.62 bits per heavy atom. The first-order valence-corrected chi connectivity index (χ1v) is 5.70. The number of benzene rings is 1. The number of anilines is 1. The highest BCUT2D eigenvalue weighted by Crippen LogP contribution is 2.36. The van der Waals surface area contributed by atoms with Gasteiger partial charge >= 0.3 is 6.18 Å². The molecule has 0 spiro atoms. The van der Waals surface area contributed by atoms with Gasteiger partial charge in [0.15, 0.2) is 5.82 Å². The topological polar surface area (TPSA) is 76.3 Å². The number of rotatable bonds is 2. The van der Waals surface area contributed by atoms with E-state index in [-0.39, 0.29) is 23.6 Å². The zero-order chi connectivity index (χ0) is 15.2. The summed E-state index contributed by atoms with van der Waals surface area (Å²) >= 11 is 0. The predicted molar refractivity (Wildman–Crippen MR) is 61.3 cm³/mol. The largest absolute Gasteiger partial charge is 0.416 e. The van der Waals surface area contributed by atoms with Crippen molar-refractivity contribution in [2.24, 2.45) is 0 Å². The van der Waals surface area contributed by atoms with Crippen LogP contribution in [-0.2, 0) is 17.5 Å².